The van der Waals surface area contributed by atoms with Crippen molar-refractivity contribution in [2.24, 2.45) is 0 Å². The first-order valence-electron chi connectivity index (χ1n) is 12.5. The monoisotopic (exact) mass is 381 g/mol. The summed E-state index contributed by atoms with van der Waals surface area (Å²) < 4.78 is 0. The zero-order chi connectivity index (χ0) is 19.8. The van der Waals surface area contributed by atoms with Crippen molar-refractivity contribution < 1.29 is 4.79 Å². The lowest BCUT2D eigenvalue weighted by atomic mass is 10.0. The molecule has 0 atom stereocenters. The Kier molecular flexibility index (Phi) is 23.3. The molecule has 0 aromatic carbocycles. The second-order valence-corrected chi connectivity index (χ2v) is 8.45. The topological polar surface area (TPSA) is 29.1 Å². The highest BCUT2D eigenvalue weighted by Crippen LogP contribution is 2.14. The molecule has 0 amide bonds. The summed E-state index contributed by atoms with van der Waals surface area (Å²) >= 11 is 0. The fourth-order valence-corrected chi connectivity index (χ4v) is 3.66. The number of unbranched alkanes of at least 4 members (excludes halogenated alkanes) is 15. The molecule has 0 aliphatic rings. The van der Waals surface area contributed by atoms with Gasteiger partial charge in [0.05, 0.1) is 0 Å². The van der Waals surface area contributed by atoms with Gasteiger partial charge >= 0.3 is 0 Å². The van der Waals surface area contributed by atoms with Crippen LogP contribution < -0.4 is 5.32 Å². The molecule has 0 aliphatic heterocycles. The van der Waals surface area contributed by atoms with Crippen molar-refractivity contribution in [2.45, 2.75) is 142 Å². The summed E-state index contributed by atoms with van der Waals surface area (Å²) in [4.78, 5) is 11.8. The van der Waals surface area contributed by atoms with Gasteiger partial charge in [0.1, 0.15) is 5.78 Å². The van der Waals surface area contributed by atoms with Crippen molar-refractivity contribution >= 4 is 5.78 Å². The summed E-state index contributed by atoms with van der Waals surface area (Å²) in [6.07, 6.45) is 25.8. The lowest BCUT2D eigenvalue weighted by Crippen LogP contribution is -2.17. The van der Waals surface area contributed by atoms with Crippen molar-refractivity contribution in [1.82, 2.24) is 5.32 Å². The first-order chi connectivity index (χ1) is 13.3. The molecular weight excluding hydrogens is 330 g/mol. The quantitative estimate of drug-likeness (QED) is 0.182. The molecule has 0 rings (SSSR count). The predicted octanol–water partition coefficient (Wildman–Crippen LogP) is 7.99. The van der Waals surface area contributed by atoms with Crippen LogP contribution in [-0.2, 0) is 4.79 Å². The van der Waals surface area contributed by atoms with Crippen LogP contribution in [0.3, 0.4) is 0 Å². The van der Waals surface area contributed by atoms with Crippen LogP contribution in [0.2, 0.25) is 0 Å². The molecule has 0 spiro atoms. The van der Waals surface area contributed by atoms with E-state index in [0.717, 1.165) is 38.8 Å². The Hall–Kier alpha value is -0.370. The van der Waals surface area contributed by atoms with E-state index in [4.69, 9.17) is 0 Å². The highest BCUT2D eigenvalue weighted by atomic mass is 16.1. The Balaban J connectivity index is 3.10. The van der Waals surface area contributed by atoms with Gasteiger partial charge in [-0.15, -0.1) is 0 Å². The highest BCUT2D eigenvalue weighted by molar-refractivity contribution is 5.78. The van der Waals surface area contributed by atoms with E-state index < -0.39 is 0 Å². The van der Waals surface area contributed by atoms with Crippen LogP contribution in [0.25, 0.3) is 0 Å². The molecule has 1 N–H and O–H groups in total. The summed E-state index contributed by atoms with van der Waals surface area (Å²) in [5.74, 6) is 0.474. The maximum Gasteiger partial charge on any atom is 0.132 e. The number of hydrogen-bond acceptors (Lipinski definition) is 2. The second kappa shape index (κ2) is 23.7. The molecule has 27 heavy (non-hydrogen) atoms. The molecule has 0 radical (unpaired) electrons. The van der Waals surface area contributed by atoms with Gasteiger partial charge in [-0.05, 0) is 32.4 Å². The fourth-order valence-electron chi connectivity index (χ4n) is 3.66. The van der Waals surface area contributed by atoms with E-state index >= 15 is 0 Å². The zero-order valence-electron chi connectivity index (χ0n) is 19.0. The Labute approximate surface area is 171 Å². The Morgan fingerprint density at radius 1 is 0.481 bits per heavy atom. The van der Waals surface area contributed by atoms with E-state index in [9.17, 15) is 4.79 Å². The first kappa shape index (κ1) is 26.6. The molecule has 0 saturated carbocycles. The zero-order valence-corrected chi connectivity index (χ0v) is 19.0. The summed E-state index contributed by atoms with van der Waals surface area (Å²) in [6.45, 7) is 6.60. The maximum absolute atomic E-state index is 11.8. The largest absolute Gasteiger partial charge is 0.317 e. The maximum atomic E-state index is 11.8. The minimum Gasteiger partial charge on any atom is -0.317 e. The Bertz CT molecular complexity index is 290. The SMILES string of the molecule is CCCCCCCCCCCCCCCCCC(=O)CCCNCCCC. The lowest BCUT2D eigenvalue weighted by Gasteiger charge is -2.04. The van der Waals surface area contributed by atoms with Gasteiger partial charge in [0, 0.05) is 12.8 Å². The van der Waals surface area contributed by atoms with Gasteiger partial charge in [-0.1, -0.05) is 110 Å². The third-order valence-corrected chi connectivity index (χ3v) is 5.58. The average molecular weight is 382 g/mol. The van der Waals surface area contributed by atoms with Crippen LogP contribution in [0.15, 0.2) is 0 Å². The van der Waals surface area contributed by atoms with Crippen molar-refractivity contribution in [1.29, 1.82) is 0 Å². The molecule has 0 aromatic heterocycles. The lowest BCUT2D eigenvalue weighted by molar-refractivity contribution is -0.119. The van der Waals surface area contributed by atoms with E-state index in [1.165, 1.54) is 103 Å². The summed E-state index contributed by atoms with van der Waals surface area (Å²) in [6, 6.07) is 0. The van der Waals surface area contributed by atoms with Gasteiger partial charge in [-0.3, -0.25) is 4.79 Å². The summed E-state index contributed by atoms with van der Waals surface area (Å²) in [5.41, 5.74) is 0. The van der Waals surface area contributed by atoms with Crippen LogP contribution in [-0.4, -0.2) is 18.9 Å². The van der Waals surface area contributed by atoms with Gasteiger partial charge in [-0.25, -0.2) is 0 Å². The minimum atomic E-state index is 0.474. The van der Waals surface area contributed by atoms with Crippen molar-refractivity contribution in [3.05, 3.63) is 0 Å². The number of Topliss-reactive ketones (excluding diaryl/α,β-unsaturated/α-hetero) is 1. The standard InChI is InChI=1S/C25H51NO/c1-3-5-7-8-9-10-11-12-13-14-15-16-17-18-19-21-25(27)22-20-24-26-23-6-4-2/h26H,3-24H2,1-2H3. The molecule has 2 nitrogen and oxygen atoms in total. The number of hydrogen-bond donors (Lipinski definition) is 1. The molecule has 2 heteroatoms. The fraction of sp³-hybridized carbons (Fsp3) is 0.960. The molecule has 0 aliphatic carbocycles. The molecule has 0 saturated heterocycles. The highest BCUT2D eigenvalue weighted by Gasteiger charge is 2.01. The Morgan fingerprint density at radius 3 is 1.33 bits per heavy atom. The van der Waals surface area contributed by atoms with E-state index in [0.29, 0.717) is 5.78 Å². The third-order valence-electron chi connectivity index (χ3n) is 5.58. The van der Waals surface area contributed by atoms with Crippen LogP contribution in [0.1, 0.15) is 142 Å². The molecule has 0 fully saturated rings. The number of carbonyl (C=O) groups excluding carboxylic acids is 1. The molecule has 0 bridgehead atoms. The van der Waals surface area contributed by atoms with E-state index in [2.05, 4.69) is 19.2 Å². The Morgan fingerprint density at radius 2 is 0.852 bits per heavy atom. The van der Waals surface area contributed by atoms with Crippen LogP contribution in [0.4, 0.5) is 0 Å². The van der Waals surface area contributed by atoms with E-state index in [-0.39, 0.29) is 0 Å². The summed E-state index contributed by atoms with van der Waals surface area (Å²) in [5, 5.41) is 3.41. The first-order valence-corrected chi connectivity index (χ1v) is 12.5. The van der Waals surface area contributed by atoms with E-state index in [1.807, 2.05) is 0 Å². The summed E-state index contributed by atoms with van der Waals surface area (Å²) in [7, 11) is 0. The van der Waals surface area contributed by atoms with Gasteiger partial charge in [0.2, 0.25) is 0 Å². The minimum absolute atomic E-state index is 0.474. The molecule has 0 aromatic rings. The van der Waals surface area contributed by atoms with Crippen molar-refractivity contribution in [3.63, 3.8) is 0 Å². The number of carbonyl (C=O) groups is 1. The van der Waals surface area contributed by atoms with Gasteiger partial charge in [0.25, 0.3) is 0 Å². The number of rotatable bonds is 23. The van der Waals surface area contributed by atoms with Crippen molar-refractivity contribution in [2.75, 3.05) is 13.1 Å². The number of nitrogens with one attached hydrogen (secondary N) is 1. The normalized spacial score (nSPS) is 11.2. The van der Waals surface area contributed by atoms with Crippen LogP contribution in [0, 0.1) is 0 Å². The average Bonchev–Trinajstić information content (AvgIpc) is 2.67. The van der Waals surface area contributed by atoms with Crippen molar-refractivity contribution in [3.8, 4) is 0 Å². The van der Waals surface area contributed by atoms with Crippen LogP contribution >= 0.6 is 0 Å². The smallest absolute Gasteiger partial charge is 0.132 e. The van der Waals surface area contributed by atoms with Gasteiger partial charge in [-0.2, -0.15) is 0 Å². The molecule has 0 heterocycles. The van der Waals surface area contributed by atoms with Gasteiger partial charge < -0.3 is 5.32 Å². The molecule has 162 valence electrons. The van der Waals surface area contributed by atoms with Crippen LogP contribution in [0.5, 0.6) is 0 Å². The predicted molar refractivity (Wildman–Crippen MR) is 122 cm³/mol. The molecule has 0 unspecified atom stereocenters. The third kappa shape index (κ3) is 23.6. The number of ketones is 1. The van der Waals surface area contributed by atoms with E-state index in [1.54, 1.807) is 0 Å². The van der Waals surface area contributed by atoms with Gasteiger partial charge in [0.15, 0.2) is 0 Å². The molecular formula is C25H51NO. The second-order valence-electron chi connectivity index (χ2n) is 8.45.